The number of benzene rings is 1. The molecule has 1 aliphatic heterocycles. The number of para-hydroxylation sites is 1. The van der Waals surface area contributed by atoms with Crippen LogP contribution in [-0.2, 0) is 11.2 Å². The molecule has 0 aromatic heterocycles. The summed E-state index contributed by atoms with van der Waals surface area (Å²) >= 11 is 0. The maximum atomic E-state index is 12.5. The number of nitrogens with zero attached hydrogens (tertiary/aromatic N) is 1. The monoisotopic (exact) mass is 321 g/mol. The molecule has 2 rings (SSSR count). The zero-order valence-electron chi connectivity index (χ0n) is 14.0. The van der Waals surface area contributed by atoms with E-state index < -0.39 is 11.5 Å². The van der Waals surface area contributed by atoms with E-state index in [0.717, 1.165) is 18.4 Å². The predicted molar refractivity (Wildman–Crippen MR) is 88.3 cm³/mol. The number of ether oxygens (including phenoxy) is 1. The van der Waals surface area contributed by atoms with E-state index in [0.29, 0.717) is 18.7 Å². The first kappa shape index (κ1) is 17.8. The second-order valence-corrected chi connectivity index (χ2v) is 6.36. The normalized spacial score (nSPS) is 24.5. The highest BCUT2D eigenvalue weighted by molar-refractivity contribution is 5.79. The van der Waals surface area contributed by atoms with Gasteiger partial charge in [-0.2, -0.15) is 0 Å². The minimum atomic E-state index is -0.678. The highest BCUT2D eigenvalue weighted by Gasteiger charge is 2.42. The summed E-state index contributed by atoms with van der Waals surface area (Å²) in [4.78, 5) is 14.2. The topological polar surface area (TPSA) is 70.0 Å². The van der Waals surface area contributed by atoms with Crippen LogP contribution in [0.2, 0.25) is 0 Å². The average Bonchev–Trinajstić information content (AvgIpc) is 2.57. The zero-order chi connectivity index (χ0) is 16.9. The van der Waals surface area contributed by atoms with Gasteiger partial charge in [0, 0.05) is 24.1 Å². The van der Waals surface area contributed by atoms with Crippen molar-refractivity contribution in [1.82, 2.24) is 4.90 Å². The molecule has 1 aromatic carbocycles. The van der Waals surface area contributed by atoms with Crippen LogP contribution in [0.3, 0.4) is 0 Å². The number of carbonyl (C=O) groups is 1. The molecule has 2 atom stereocenters. The standard InChI is InChI=1S/C18H27NO4/c1-3-8-18(13-20)9-10-19(12-16(18)21)17(22)11-14-6-4-5-7-15(14)23-2/h4-7,16,20-21H,3,8-13H2,1-2H3/t16-,18-/m1/s1. The molecule has 128 valence electrons. The Kier molecular flexibility index (Phi) is 6.02. The van der Waals surface area contributed by atoms with Gasteiger partial charge in [-0.05, 0) is 18.9 Å². The minimum Gasteiger partial charge on any atom is -0.496 e. The van der Waals surface area contributed by atoms with Crippen LogP contribution in [0, 0.1) is 5.41 Å². The Morgan fingerprint density at radius 1 is 1.43 bits per heavy atom. The van der Waals surface area contributed by atoms with Crippen LogP contribution in [0.15, 0.2) is 24.3 Å². The molecule has 0 saturated carbocycles. The van der Waals surface area contributed by atoms with Crippen LogP contribution >= 0.6 is 0 Å². The molecule has 2 N–H and O–H groups in total. The van der Waals surface area contributed by atoms with E-state index in [1.54, 1.807) is 12.0 Å². The van der Waals surface area contributed by atoms with Crippen molar-refractivity contribution in [2.45, 2.75) is 38.7 Å². The van der Waals surface area contributed by atoms with Gasteiger partial charge >= 0.3 is 0 Å². The molecular formula is C18H27NO4. The third-order valence-corrected chi connectivity index (χ3v) is 4.93. The molecule has 0 bridgehead atoms. The molecule has 1 fully saturated rings. The summed E-state index contributed by atoms with van der Waals surface area (Å²) in [7, 11) is 1.59. The SMILES string of the molecule is CCC[C@]1(CO)CCN(C(=O)Cc2ccccc2OC)C[C@H]1O. The molecule has 23 heavy (non-hydrogen) atoms. The Morgan fingerprint density at radius 2 is 2.17 bits per heavy atom. The molecule has 1 aliphatic rings. The minimum absolute atomic E-state index is 0.0170. The molecule has 0 radical (unpaired) electrons. The van der Waals surface area contributed by atoms with Crippen molar-refractivity contribution in [2.24, 2.45) is 5.41 Å². The number of β-amino-alcohol motifs (C(OH)–C–C–N with tert-alkyl or cyclic N) is 1. The van der Waals surface area contributed by atoms with Gasteiger partial charge in [-0.1, -0.05) is 31.5 Å². The molecule has 1 heterocycles. The highest BCUT2D eigenvalue weighted by Crippen LogP contribution is 2.36. The van der Waals surface area contributed by atoms with Gasteiger partial charge in [0.1, 0.15) is 5.75 Å². The fourth-order valence-corrected chi connectivity index (χ4v) is 3.42. The van der Waals surface area contributed by atoms with Crippen LogP contribution in [0.25, 0.3) is 0 Å². The number of likely N-dealkylation sites (tertiary alicyclic amines) is 1. The van der Waals surface area contributed by atoms with E-state index in [1.165, 1.54) is 0 Å². The van der Waals surface area contributed by atoms with Crippen molar-refractivity contribution in [3.63, 3.8) is 0 Å². The molecule has 0 spiro atoms. The lowest BCUT2D eigenvalue weighted by Crippen LogP contribution is -2.54. The summed E-state index contributed by atoms with van der Waals surface area (Å²) in [6.45, 7) is 2.88. The van der Waals surface area contributed by atoms with Gasteiger partial charge in [-0.15, -0.1) is 0 Å². The van der Waals surface area contributed by atoms with Crippen LogP contribution in [0.4, 0.5) is 0 Å². The van der Waals surface area contributed by atoms with Crippen molar-refractivity contribution in [3.8, 4) is 5.75 Å². The van der Waals surface area contributed by atoms with Crippen LogP contribution in [-0.4, -0.2) is 53.9 Å². The predicted octanol–water partition coefficient (Wildman–Crippen LogP) is 1.61. The number of aliphatic hydroxyl groups excluding tert-OH is 2. The van der Waals surface area contributed by atoms with Crippen molar-refractivity contribution in [1.29, 1.82) is 0 Å². The molecule has 1 aromatic rings. The molecular weight excluding hydrogens is 294 g/mol. The summed E-state index contributed by atoms with van der Waals surface area (Å²) in [6.07, 6.45) is 1.90. The Morgan fingerprint density at radius 3 is 2.78 bits per heavy atom. The molecule has 5 nitrogen and oxygen atoms in total. The summed E-state index contributed by atoms with van der Waals surface area (Å²) < 4.78 is 5.28. The summed E-state index contributed by atoms with van der Waals surface area (Å²) in [5, 5.41) is 20.1. The largest absolute Gasteiger partial charge is 0.496 e. The number of carbonyl (C=O) groups excluding carboxylic acids is 1. The number of rotatable bonds is 6. The fraction of sp³-hybridized carbons (Fsp3) is 0.611. The van der Waals surface area contributed by atoms with E-state index in [4.69, 9.17) is 4.74 Å². The van der Waals surface area contributed by atoms with Crippen molar-refractivity contribution >= 4 is 5.91 Å². The third kappa shape index (κ3) is 3.85. The number of hydrogen-bond acceptors (Lipinski definition) is 4. The molecule has 5 heteroatoms. The maximum Gasteiger partial charge on any atom is 0.227 e. The number of hydrogen-bond donors (Lipinski definition) is 2. The van der Waals surface area contributed by atoms with Gasteiger partial charge in [0.25, 0.3) is 0 Å². The highest BCUT2D eigenvalue weighted by atomic mass is 16.5. The first-order valence-corrected chi connectivity index (χ1v) is 8.25. The lowest BCUT2D eigenvalue weighted by Gasteiger charge is -2.44. The fourth-order valence-electron chi connectivity index (χ4n) is 3.42. The van der Waals surface area contributed by atoms with Crippen molar-refractivity contribution in [3.05, 3.63) is 29.8 Å². The van der Waals surface area contributed by atoms with Gasteiger partial charge in [0.05, 0.1) is 26.2 Å². The van der Waals surface area contributed by atoms with E-state index in [1.807, 2.05) is 31.2 Å². The second kappa shape index (κ2) is 7.79. The van der Waals surface area contributed by atoms with E-state index in [2.05, 4.69) is 0 Å². The van der Waals surface area contributed by atoms with Crippen molar-refractivity contribution < 1.29 is 19.7 Å². The van der Waals surface area contributed by atoms with Gasteiger partial charge in [-0.25, -0.2) is 0 Å². The molecule has 1 saturated heterocycles. The van der Waals surface area contributed by atoms with Gasteiger partial charge < -0.3 is 19.8 Å². The quantitative estimate of drug-likeness (QED) is 0.835. The molecule has 1 amide bonds. The Labute approximate surface area is 137 Å². The van der Waals surface area contributed by atoms with Gasteiger partial charge in [-0.3, -0.25) is 4.79 Å². The van der Waals surface area contributed by atoms with E-state index in [9.17, 15) is 15.0 Å². The second-order valence-electron chi connectivity index (χ2n) is 6.36. The zero-order valence-corrected chi connectivity index (χ0v) is 14.0. The van der Waals surface area contributed by atoms with E-state index in [-0.39, 0.29) is 25.5 Å². The summed E-state index contributed by atoms with van der Waals surface area (Å²) in [6, 6.07) is 7.48. The maximum absolute atomic E-state index is 12.5. The lowest BCUT2D eigenvalue weighted by atomic mass is 9.73. The Bertz CT molecular complexity index is 534. The summed E-state index contributed by atoms with van der Waals surface area (Å²) in [5.41, 5.74) is 0.387. The van der Waals surface area contributed by atoms with Gasteiger partial charge in [0.2, 0.25) is 5.91 Å². The summed E-state index contributed by atoms with van der Waals surface area (Å²) in [5.74, 6) is 0.686. The van der Waals surface area contributed by atoms with Crippen LogP contribution < -0.4 is 4.74 Å². The van der Waals surface area contributed by atoms with Gasteiger partial charge in [0.15, 0.2) is 0 Å². The number of aliphatic hydroxyl groups is 2. The Hall–Kier alpha value is -1.59. The number of methoxy groups -OCH3 is 1. The lowest BCUT2D eigenvalue weighted by molar-refractivity contribution is -0.141. The van der Waals surface area contributed by atoms with Crippen molar-refractivity contribution in [2.75, 3.05) is 26.8 Å². The number of amides is 1. The molecule has 0 aliphatic carbocycles. The molecule has 0 unspecified atom stereocenters. The smallest absolute Gasteiger partial charge is 0.227 e. The van der Waals surface area contributed by atoms with Crippen LogP contribution in [0.1, 0.15) is 31.7 Å². The Balaban J connectivity index is 2.02. The first-order valence-electron chi connectivity index (χ1n) is 8.25. The van der Waals surface area contributed by atoms with E-state index >= 15 is 0 Å². The average molecular weight is 321 g/mol. The third-order valence-electron chi connectivity index (χ3n) is 4.93. The van der Waals surface area contributed by atoms with Crippen LogP contribution in [0.5, 0.6) is 5.75 Å². The first-order chi connectivity index (χ1) is 11.1. The number of piperidine rings is 1.